The minimum atomic E-state index is -4.25. The lowest BCUT2D eigenvalue weighted by atomic mass is 9.86. The highest BCUT2D eigenvalue weighted by atomic mass is 19.4. The normalized spacial score (nSPS) is 23.2. The summed E-state index contributed by atoms with van der Waals surface area (Å²) in [6, 6.07) is 3.16. The number of rotatable bonds is 4. The zero-order valence-corrected chi connectivity index (χ0v) is 20.5. The molecule has 0 spiro atoms. The maximum absolute atomic E-state index is 14.8. The Kier molecular flexibility index (Phi) is 6.78. The fraction of sp³-hybridized carbons (Fsp3) is 0.500. The van der Waals surface area contributed by atoms with Gasteiger partial charge in [-0.25, -0.2) is 18.7 Å². The summed E-state index contributed by atoms with van der Waals surface area (Å²) in [7, 11) is 0. The minimum absolute atomic E-state index is 0.0260. The Bertz CT molecular complexity index is 1390. The van der Waals surface area contributed by atoms with Crippen molar-refractivity contribution in [1.82, 2.24) is 19.3 Å². The zero-order valence-electron chi connectivity index (χ0n) is 20.5. The van der Waals surface area contributed by atoms with Crippen molar-refractivity contribution < 1.29 is 26.7 Å². The van der Waals surface area contributed by atoms with Gasteiger partial charge in [-0.3, -0.25) is 14.1 Å². The van der Waals surface area contributed by atoms with E-state index in [1.54, 1.807) is 20.0 Å². The van der Waals surface area contributed by atoms with Gasteiger partial charge in [-0.15, -0.1) is 0 Å². The van der Waals surface area contributed by atoms with E-state index >= 15 is 0 Å². The lowest BCUT2D eigenvalue weighted by Gasteiger charge is -2.33. The summed E-state index contributed by atoms with van der Waals surface area (Å²) in [5, 5.41) is 0. The summed E-state index contributed by atoms with van der Waals surface area (Å²) in [4.78, 5) is 23.8. The Balaban J connectivity index is 1.51. The van der Waals surface area contributed by atoms with Crippen LogP contribution in [-0.4, -0.2) is 57.8 Å². The summed E-state index contributed by atoms with van der Waals surface area (Å²) in [6.07, 6.45) is -1.18. The molecule has 198 valence electrons. The number of alkyl halides is 3. The van der Waals surface area contributed by atoms with Crippen molar-refractivity contribution in [3.8, 4) is 11.3 Å². The van der Waals surface area contributed by atoms with Crippen molar-refractivity contribution in [1.29, 1.82) is 0 Å². The molecule has 1 aromatic carbocycles. The first-order valence-corrected chi connectivity index (χ1v) is 12.3. The molecule has 2 saturated heterocycles. The van der Waals surface area contributed by atoms with Crippen LogP contribution >= 0.6 is 0 Å². The number of aryl methyl sites for hydroxylation is 1. The molecular weight excluding hydrogens is 495 g/mol. The maximum Gasteiger partial charge on any atom is 0.401 e. The van der Waals surface area contributed by atoms with Gasteiger partial charge in [-0.1, -0.05) is 0 Å². The number of hydrogen-bond donors (Lipinski definition) is 0. The van der Waals surface area contributed by atoms with Gasteiger partial charge in [0.15, 0.2) is 5.65 Å². The highest BCUT2D eigenvalue weighted by Gasteiger charge is 2.39. The van der Waals surface area contributed by atoms with Crippen LogP contribution in [0.3, 0.4) is 0 Å². The standard InChI is InChI=1S/C26H27F5N4O2/c1-14-15(2)32-24-23(19-4-3-18(27)10-20(19)28)33-21(12-35(24)25(14)36)16-6-8-37-22(9-16)17-5-7-34(11-17)13-26(29,30)31/h3-4,10,12,16-17,22H,5-9,11,13H2,1-2H3/t16-,17+,22+/m0/s1. The third kappa shape index (κ3) is 5.24. The molecule has 11 heteroatoms. The number of benzene rings is 1. The highest BCUT2D eigenvalue weighted by Crippen LogP contribution is 2.37. The molecule has 0 unspecified atom stereocenters. The third-order valence-corrected chi connectivity index (χ3v) is 7.46. The average molecular weight is 523 g/mol. The molecule has 4 heterocycles. The third-order valence-electron chi connectivity index (χ3n) is 7.46. The maximum atomic E-state index is 14.8. The largest absolute Gasteiger partial charge is 0.401 e. The molecular formula is C26H27F5N4O2. The molecule has 0 amide bonds. The Morgan fingerprint density at radius 1 is 1.14 bits per heavy atom. The molecule has 2 fully saturated rings. The molecule has 0 aliphatic carbocycles. The molecule has 3 atom stereocenters. The van der Waals surface area contributed by atoms with Gasteiger partial charge < -0.3 is 4.74 Å². The van der Waals surface area contributed by atoms with Crippen LogP contribution in [0, 0.1) is 31.4 Å². The molecule has 0 saturated carbocycles. The van der Waals surface area contributed by atoms with Crippen molar-refractivity contribution in [2.24, 2.45) is 5.92 Å². The summed E-state index contributed by atoms with van der Waals surface area (Å²) in [6.45, 7) is 3.46. The van der Waals surface area contributed by atoms with Crippen molar-refractivity contribution in [2.75, 3.05) is 26.2 Å². The summed E-state index contributed by atoms with van der Waals surface area (Å²) in [5.41, 5.74) is 1.49. The smallest absolute Gasteiger partial charge is 0.378 e. The molecule has 37 heavy (non-hydrogen) atoms. The molecule has 0 radical (unpaired) electrons. The van der Waals surface area contributed by atoms with Gasteiger partial charge in [-0.05, 0) is 57.7 Å². The van der Waals surface area contributed by atoms with E-state index in [4.69, 9.17) is 9.72 Å². The predicted octanol–water partition coefficient (Wildman–Crippen LogP) is 4.80. The van der Waals surface area contributed by atoms with E-state index in [1.165, 1.54) is 15.4 Å². The number of nitrogens with zero attached hydrogens (tertiary/aromatic N) is 4. The van der Waals surface area contributed by atoms with E-state index in [2.05, 4.69) is 4.98 Å². The first-order chi connectivity index (χ1) is 17.5. The zero-order chi connectivity index (χ0) is 26.5. The van der Waals surface area contributed by atoms with E-state index in [9.17, 15) is 26.7 Å². The summed E-state index contributed by atoms with van der Waals surface area (Å²) in [5.74, 6) is -1.76. The van der Waals surface area contributed by atoms with Crippen molar-refractivity contribution in [2.45, 2.75) is 51.3 Å². The van der Waals surface area contributed by atoms with Gasteiger partial charge in [0.25, 0.3) is 5.56 Å². The van der Waals surface area contributed by atoms with Crippen LogP contribution in [0.2, 0.25) is 0 Å². The first-order valence-electron chi connectivity index (χ1n) is 12.3. The second kappa shape index (κ2) is 9.75. The van der Waals surface area contributed by atoms with Crippen LogP contribution in [0.1, 0.15) is 42.1 Å². The SMILES string of the molecule is Cc1nc2c(-c3ccc(F)cc3F)nc([C@H]3CCO[C@@H]([C@@H]4CCN(CC(F)(F)F)C4)C3)cn2c(=O)c1C. The second-order valence-electron chi connectivity index (χ2n) is 9.99. The number of ether oxygens (including phenoxy) is 1. The Morgan fingerprint density at radius 2 is 1.92 bits per heavy atom. The van der Waals surface area contributed by atoms with Crippen molar-refractivity contribution >= 4 is 5.65 Å². The number of likely N-dealkylation sites (tertiary alicyclic amines) is 1. The van der Waals surface area contributed by atoms with Gasteiger partial charge in [0, 0.05) is 48.2 Å². The fourth-order valence-corrected chi connectivity index (χ4v) is 5.40. The Hall–Kier alpha value is -2.92. The van der Waals surface area contributed by atoms with Gasteiger partial charge in [0.1, 0.15) is 17.3 Å². The second-order valence-corrected chi connectivity index (χ2v) is 9.99. The Morgan fingerprint density at radius 3 is 2.65 bits per heavy atom. The Labute approximate surface area is 210 Å². The molecule has 3 aromatic rings. The topological polar surface area (TPSA) is 59.7 Å². The molecule has 0 bridgehead atoms. The van der Waals surface area contributed by atoms with Crippen LogP contribution < -0.4 is 5.56 Å². The molecule has 2 aliphatic heterocycles. The quantitative estimate of drug-likeness (QED) is 0.461. The lowest BCUT2D eigenvalue weighted by Crippen LogP contribution is -2.36. The number of hydrogen-bond acceptors (Lipinski definition) is 5. The fourth-order valence-electron chi connectivity index (χ4n) is 5.40. The monoisotopic (exact) mass is 522 g/mol. The highest BCUT2D eigenvalue weighted by molar-refractivity contribution is 5.74. The van der Waals surface area contributed by atoms with E-state index in [0.717, 1.165) is 12.1 Å². The number of halogens is 5. The van der Waals surface area contributed by atoms with E-state index < -0.39 is 24.4 Å². The summed E-state index contributed by atoms with van der Waals surface area (Å²) < 4.78 is 74.3. The number of fused-ring (bicyclic) bond motifs is 1. The van der Waals surface area contributed by atoms with Crippen molar-refractivity contribution in [3.63, 3.8) is 0 Å². The van der Waals surface area contributed by atoms with Crippen LogP contribution in [0.5, 0.6) is 0 Å². The predicted molar refractivity (Wildman–Crippen MR) is 126 cm³/mol. The van der Waals surface area contributed by atoms with Crippen LogP contribution in [0.15, 0.2) is 29.2 Å². The van der Waals surface area contributed by atoms with E-state index in [1.807, 2.05) is 0 Å². The molecule has 0 N–H and O–H groups in total. The van der Waals surface area contributed by atoms with Crippen LogP contribution in [-0.2, 0) is 4.74 Å². The molecule has 6 nitrogen and oxygen atoms in total. The van der Waals surface area contributed by atoms with Gasteiger partial charge in [-0.2, -0.15) is 13.2 Å². The summed E-state index contributed by atoms with van der Waals surface area (Å²) >= 11 is 0. The van der Waals surface area contributed by atoms with E-state index in [-0.39, 0.29) is 40.4 Å². The molecule has 2 aliphatic rings. The van der Waals surface area contributed by atoms with Gasteiger partial charge in [0.2, 0.25) is 0 Å². The average Bonchev–Trinajstić information content (AvgIpc) is 3.29. The first kappa shape index (κ1) is 25.7. The molecule has 2 aromatic heterocycles. The molecule has 5 rings (SSSR count). The number of aromatic nitrogens is 3. The van der Waals surface area contributed by atoms with Crippen LogP contribution in [0.4, 0.5) is 22.0 Å². The van der Waals surface area contributed by atoms with Crippen LogP contribution in [0.25, 0.3) is 16.9 Å². The van der Waals surface area contributed by atoms with Crippen molar-refractivity contribution in [3.05, 3.63) is 63.3 Å². The van der Waals surface area contributed by atoms with Gasteiger partial charge in [0.05, 0.1) is 18.3 Å². The lowest BCUT2D eigenvalue weighted by molar-refractivity contribution is -0.144. The van der Waals surface area contributed by atoms with E-state index in [0.29, 0.717) is 55.9 Å². The minimum Gasteiger partial charge on any atom is -0.378 e. The van der Waals surface area contributed by atoms with Gasteiger partial charge >= 0.3 is 6.18 Å².